The van der Waals surface area contributed by atoms with Crippen molar-refractivity contribution in [2.45, 2.75) is 33.6 Å². The molecule has 0 aromatic carbocycles. The summed E-state index contributed by atoms with van der Waals surface area (Å²) < 4.78 is 5.08. The first kappa shape index (κ1) is 16.0. The molecule has 1 amide bonds. The van der Waals surface area contributed by atoms with Gasteiger partial charge in [0.25, 0.3) is 0 Å². The van der Waals surface area contributed by atoms with Crippen LogP contribution in [-0.4, -0.2) is 35.6 Å². The van der Waals surface area contributed by atoms with E-state index in [2.05, 4.69) is 12.1 Å². The SMILES string of the molecule is Cc1noc(C)c1CC(=O)N1CCC(C)(CN)C1.Cl. The molecule has 5 nitrogen and oxygen atoms in total. The molecule has 1 aliphatic heterocycles. The third-order valence-electron chi connectivity index (χ3n) is 3.91. The highest BCUT2D eigenvalue weighted by atomic mass is 35.5. The van der Waals surface area contributed by atoms with Gasteiger partial charge >= 0.3 is 0 Å². The van der Waals surface area contributed by atoms with E-state index in [1.165, 1.54) is 0 Å². The number of hydrogen-bond donors (Lipinski definition) is 1. The molecule has 2 N–H and O–H groups in total. The lowest BCUT2D eigenvalue weighted by molar-refractivity contribution is -0.129. The molecule has 1 aliphatic rings. The minimum atomic E-state index is 0. The fourth-order valence-electron chi connectivity index (χ4n) is 2.42. The number of nitrogens with zero attached hydrogens (tertiary/aromatic N) is 2. The highest BCUT2D eigenvalue weighted by Gasteiger charge is 2.35. The molecule has 1 atom stereocenters. The van der Waals surface area contributed by atoms with E-state index >= 15 is 0 Å². The Labute approximate surface area is 119 Å². The minimum Gasteiger partial charge on any atom is -0.361 e. The number of carbonyl (C=O) groups is 1. The highest BCUT2D eigenvalue weighted by Crippen LogP contribution is 2.29. The number of amides is 1. The van der Waals surface area contributed by atoms with Gasteiger partial charge in [0.1, 0.15) is 5.76 Å². The molecule has 0 spiro atoms. The molecule has 6 heteroatoms. The largest absolute Gasteiger partial charge is 0.361 e. The maximum Gasteiger partial charge on any atom is 0.227 e. The molecule has 1 aromatic rings. The normalized spacial score (nSPS) is 22.4. The van der Waals surface area contributed by atoms with E-state index in [0.29, 0.717) is 13.0 Å². The molecular formula is C13H22ClN3O2. The van der Waals surface area contributed by atoms with Crippen LogP contribution in [0.5, 0.6) is 0 Å². The van der Waals surface area contributed by atoms with Crippen LogP contribution in [0.1, 0.15) is 30.4 Å². The fraction of sp³-hybridized carbons (Fsp3) is 0.692. The van der Waals surface area contributed by atoms with Crippen LogP contribution in [0.4, 0.5) is 0 Å². The van der Waals surface area contributed by atoms with Crippen LogP contribution in [-0.2, 0) is 11.2 Å². The Morgan fingerprint density at radius 2 is 2.21 bits per heavy atom. The lowest BCUT2D eigenvalue weighted by Crippen LogP contribution is -2.35. The number of hydrogen-bond acceptors (Lipinski definition) is 4. The Hall–Kier alpha value is -1.07. The highest BCUT2D eigenvalue weighted by molar-refractivity contribution is 5.85. The van der Waals surface area contributed by atoms with Crippen molar-refractivity contribution in [3.05, 3.63) is 17.0 Å². The fourth-order valence-corrected chi connectivity index (χ4v) is 2.42. The lowest BCUT2D eigenvalue weighted by atomic mass is 9.90. The quantitative estimate of drug-likeness (QED) is 0.913. The maximum absolute atomic E-state index is 12.2. The maximum atomic E-state index is 12.2. The Kier molecular flexibility index (Phi) is 4.98. The summed E-state index contributed by atoms with van der Waals surface area (Å²) in [6.07, 6.45) is 1.36. The minimum absolute atomic E-state index is 0. The lowest BCUT2D eigenvalue weighted by Gasteiger charge is -2.22. The molecule has 2 heterocycles. The Morgan fingerprint density at radius 1 is 1.53 bits per heavy atom. The predicted molar refractivity (Wildman–Crippen MR) is 75.3 cm³/mol. The van der Waals surface area contributed by atoms with Crippen molar-refractivity contribution in [2.75, 3.05) is 19.6 Å². The molecule has 1 saturated heterocycles. The summed E-state index contributed by atoms with van der Waals surface area (Å²) in [6.45, 7) is 8.03. The topological polar surface area (TPSA) is 72.4 Å². The van der Waals surface area contributed by atoms with Crippen LogP contribution >= 0.6 is 12.4 Å². The summed E-state index contributed by atoms with van der Waals surface area (Å²) in [6, 6.07) is 0. The van der Waals surface area contributed by atoms with Gasteiger partial charge in [0, 0.05) is 18.7 Å². The first-order valence-electron chi connectivity index (χ1n) is 6.35. The van der Waals surface area contributed by atoms with Crippen LogP contribution in [0.2, 0.25) is 0 Å². The van der Waals surface area contributed by atoms with Gasteiger partial charge in [-0.2, -0.15) is 0 Å². The van der Waals surface area contributed by atoms with Crippen LogP contribution in [0.25, 0.3) is 0 Å². The zero-order valence-corrected chi connectivity index (χ0v) is 12.5. The number of rotatable bonds is 3. The van der Waals surface area contributed by atoms with E-state index in [9.17, 15) is 4.79 Å². The molecule has 0 radical (unpaired) electrons. The van der Waals surface area contributed by atoms with Crippen LogP contribution in [0.15, 0.2) is 4.52 Å². The van der Waals surface area contributed by atoms with Crippen molar-refractivity contribution < 1.29 is 9.32 Å². The van der Waals surface area contributed by atoms with Crippen molar-refractivity contribution in [1.82, 2.24) is 10.1 Å². The molecule has 19 heavy (non-hydrogen) atoms. The average Bonchev–Trinajstić information content (AvgIpc) is 2.88. The third kappa shape index (κ3) is 3.28. The van der Waals surface area contributed by atoms with E-state index in [-0.39, 0.29) is 23.7 Å². The molecule has 0 saturated carbocycles. The summed E-state index contributed by atoms with van der Waals surface area (Å²) in [5.74, 6) is 0.878. The number of likely N-dealkylation sites (tertiary alicyclic amines) is 1. The number of nitrogens with two attached hydrogens (primary N) is 1. The van der Waals surface area contributed by atoms with Crippen LogP contribution in [0.3, 0.4) is 0 Å². The average molecular weight is 288 g/mol. The summed E-state index contributed by atoms with van der Waals surface area (Å²) >= 11 is 0. The summed E-state index contributed by atoms with van der Waals surface area (Å²) in [5, 5.41) is 3.87. The second-order valence-electron chi connectivity index (χ2n) is 5.56. The first-order valence-corrected chi connectivity index (χ1v) is 6.35. The van der Waals surface area contributed by atoms with Gasteiger partial charge in [0.2, 0.25) is 5.91 Å². The van der Waals surface area contributed by atoms with Gasteiger partial charge in [-0.1, -0.05) is 12.1 Å². The third-order valence-corrected chi connectivity index (χ3v) is 3.91. The van der Waals surface area contributed by atoms with Gasteiger partial charge in [0.15, 0.2) is 0 Å². The molecular weight excluding hydrogens is 266 g/mol. The predicted octanol–water partition coefficient (Wildman–Crippen LogP) is 1.45. The van der Waals surface area contributed by atoms with Gasteiger partial charge in [-0.3, -0.25) is 4.79 Å². The Bertz CT molecular complexity index is 441. The van der Waals surface area contributed by atoms with Crippen molar-refractivity contribution in [2.24, 2.45) is 11.1 Å². The first-order chi connectivity index (χ1) is 8.45. The van der Waals surface area contributed by atoms with Crippen LogP contribution in [0, 0.1) is 19.3 Å². The number of carbonyl (C=O) groups excluding carboxylic acids is 1. The second-order valence-corrected chi connectivity index (χ2v) is 5.56. The monoisotopic (exact) mass is 287 g/mol. The van der Waals surface area contributed by atoms with E-state index in [4.69, 9.17) is 10.3 Å². The van der Waals surface area contributed by atoms with E-state index in [1.54, 1.807) is 0 Å². The van der Waals surface area contributed by atoms with Crippen LogP contribution < -0.4 is 5.73 Å². The molecule has 1 fully saturated rings. The van der Waals surface area contributed by atoms with E-state index < -0.39 is 0 Å². The van der Waals surface area contributed by atoms with Gasteiger partial charge in [-0.05, 0) is 32.2 Å². The molecule has 1 unspecified atom stereocenters. The molecule has 0 bridgehead atoms. The number of aromatic nitrogens is 1. The summed E-state index contributed by atoms with van der Waals surface area (Å²) in [5.41, 5.74) is 7.55. The van der Waals surface area contributed by atoms with Crippen molar-refractivity contribution >= 4 is 18.3 Å². The van der Waals surface area contributed by atoms with Gasteiger partial charge < -0.3 is 15.2 Å². The zero-order valence-electron chi connectivity index (χ0n) is 11.7. The van der Waals surface area contributed by atoms with Crippen molar-refractivity contribution in [1.29, 1.82) is 0 Å². The van der Waals surface area contributed by atoms with Gasteiger partial charge in [-0.15, -0.1) is 12.4 Å². The summed E-state index contributed by atoms with van der Waals surface area (Å²) in [7, 11) is 0. The number of halogens is 1. The van der Waals surface area contributed by atoms with E-state index in [1.807, 2.05) is 18.7 Å². The zero-order chi connectivity index (χ0) is 13.3. The van der Waals surface area contributed by atoms with E-state index in [0.717, 1.165) is 36.5 Å². The Balaban J connectivity index is 0.00000180. The Morgan fingerprint density at radius 3 is 2.68 bits per heavy atom. The van der Waals surface area contributed by atoms with Gasteiger partial charge in [-0.25, -0.2) is 0 Å². The van der Waals surface area contributed by atoms with Gasteiger partial charge in [0.05, 0.1) is 12.1 Å². The van der Waals surface area contributed by atoms with Crippen molar-refractivity contribution in [3.63, 3.8) is 0 Å². The smallest absolute Gasteiger partial charge is 0.227 e. The second kappa shape index (κ2) is 5.92. The standard InChI is InChI=1S/C13H21N3O2.ClH/c1-9-11(10(2)18-15-9)6-12(17)16-5-4-13(3,7-14)8-16;/h4-8,14H2,1-3H3;1H. The summed E-state index contributed by atoms with van der Waals surface area (Å²) in [4.78, 5) is 14.1. The number of aryl methyl sites for hydroxylation is 2. The molecule has 108 valence electrons. The molecule has 1 aromatic heterocycles. The van der Waals surface area contributed by atoms with Crippen molar-refractivity contribution in [3.8, 4) is 0 Å². The molecule has 2 rings (SSSR count). The molecule has 0 aliphatic carbocycles.